The monoisotopic (exact) mass is 304 g/mol. The summed E-state index contributed by atoms with van der Waals surface area (Å²) in [5, 5.41) is 2.11. The van der Waals surface area contributed by atoms with E-state index < -0.39 is 0 Å². The van der Waals surface area contributed by atoms with E-state index in [4.69, 9.17) is 10.5 Å². The molecule has 0 radical (unpaired) electrons. The van der Waals surface area contributed by atoms with Gasteiger partial charge >= 0.3 is 0 Å². The fourth-order valence-electron chi connectivity index (χ4n) is 2.37. The second-order valence-electron chi connectivity index (χ2n) is 5.48. The molecule has 2 rings (SSSR count). The summed E-state index contributed by atoms with van der Waals surface area (Å²) >= 11 is 1.78. The first-order chi connectivity index (χ1) is 10.1. The molecule has 21 heavy (non-hydrogen) atoms. The van der Waals surface area contributed by atoms with Crippen LogP contribution in [0.25, 0.3) is 0 Å². The Morgan fingerprint density at radius 3 is 2.43 bits per heavy atom. The first-order valence-corrected chi connectivity index (χ1v) is 8.17. The van der Waals surface area contributed by atoms with Crippen LogP contribution >= 0.6 is 11.3 Å². The molecule has 0 saturated carbocycles. The minimum atomic E-state index is 0.197. The largest absolute Gasteiger partial charge is 0.491 e. The van der Waals surface area contributed by atoms with Crippen LogP contribution in [0.4, 0.5) is 0 Å². The summed E-state index contributed by atoms with van der Waals surface area (Å²) in [7, 11) is 2.12. The molecular formula is C17H24N2OS. The number of nitrogens with zero attached hydrogens (tertiary/aromatic N) is 1. The Morgan fingerprint density at radius 2 is 1.90 bits per heavy atom. The molecule has 0 aliphatic carbocycles. The van der Waals surface area contributed by atoms with Gasteiger partial charge in [-0.25, -0.2) is 0 Å². The molecule has 0 bridgehead atoms. The highest BCUT2D eigenvalue weighted by Gasteiger charge is 2.16. The van der Waals surface area contributed by atoms with Gasteiger partial charge in [-0.3, -0.25) is 4.90 Å². The predicted octanol–water partition coefficient (Wildman–Crippen LogP) is 3.67. The summed E-state index contributed by atoms with van der Waals surface area (Å²) < 4.78 is 5.69. The molecule has 114 valence electrons. The lowest BCUT2D eigenvalue weighted by Crippen LogP contribution is -2.29. The van der Waals surface area contributed by atoms with Crippen molar-refractivity contribution >= 4 is 11.3 Å². The van der Waals surface area contributed by atoms with Crippen LogP contribution in [-0.4, -0.2) is 24.6 Å². The van der Waals surface area contributed by atoms with Gasteiger partial charge < -0.3 is 10.5 Å². The van der Waals surface area contributed by atoms with Gasteiger partial charge in [0.05, 0.1) is 6.10 Å². The van der Waals surface area contributed by atoms with Gasteiger partial charge in [-0.15, -0.1) is 11.3 Å². The molecule has 1 aromatic carbocycles. The molecule has 3 nitrogen and oxygen atoms in total. The fourth-order valence-corrected chi connectivity index (χ4v) is 3.14. The zero-order chi connectivity index (χ0) is 15.2. The molecular weight excluding hydrogens is 280 g/mol. The van der Waals surface area contributed by atoms with Crippen molar-refractivity contribution in [3.8, 4) is 5.75 Å². The number of thiophene rings is 1. The average molecular weight is 304 g/mol. The van der Waals surface area contributed by atoms with E-state index in [9.17, 15) is 0 Å². The third-order valence-corrected chi connectivity index (χ3v) is 4.24. The van der Waals surface area contributed by atoms with Crippen molar-refractivity contribution in [2.24, 2.45) is 5.73 Å². The smallest absolute Gasteiger partial charge is 0.119 e. The van der Waals surface area contributed by atoms with E-state index in [-0.39, 0.29) is 12.1 Å². The van der Waals surface area contributed by atoms with Gasteiger partial charge in [0.25, 0.3) is 0 Å². The number of ether oxygens (including phenoxy) is 1. The molecule has 0 aliphatic heterocycles. The van der Waals surface area contributed by atoms with Crippen molar-refractivity contribution in [2.45, 2.75) is 32.5 Å². The molecule has 0 aliphatic rings. The van der Waals surface area contributed by atoms with E-state index in [1.165, 1.54) is 10.4 Å². The van der Waals surface area contributed by atoms with E-state index in [2.05, 4.69) is 41.6 Å². The highest BCUT2D eigenvalue weighted by Crippen LogP contribution is 2.24. The summed E-state index contributed by atoms with van der Waals surface area (Å²) in [6, 6.07) is 12.7. The van der Waals surface area contributed by atoms with Crippen molar-refractivity contribution in [3.05, 3.63) is 52.2 Å². The van der Waals surface area contributed by atoms with Gasteiger partial charge in [-0.05, 0) is 50.0 Å². The minimum absolute atomic E-state index is 0.197. The van der Waals surface area contributed by atoms with E-state index in [1.807, 2.05) is 26.0 Å². The number of benzene rings is 1. The average Bonchev–Trinajstić information content (AvgIpc) is 2.93. The zero-order valence-corrected chi connectivity index (χ0v) is 13.8. The van der Waals surface area contributed by atoms with Crippen molar-refractivity contribution in [3.63, 3.8) is 0 Å². The normalized spacial score (nSPS) is 12.9. The van der Waals surface area contributed by atoms with Crippen molar-refractivity contribution in [2.75, 3.05) is 13.6 Å². The highest BCUT2D eigenvalue weighted by atomic mass is 32.1. The topological polar surface area (TPSA) is 38.5 Å². The third-order valence-electron chi connectivity index (χ3n) is 3.38. The molecule has 1 heterocycles. The Morgan fingerprint density at radius 1 is 1.19 bits per heavy atom. The molecule has 0 fully saturated rings. The number of hydrogen-bond acceptors (Lipinski definition) is 4. The van der Waals surface area contributed by atoms with Crippen molar-refractivity contribution in [1.82, 2.24) is 4.90 Å². The van der Waals surface area contributed by atoms with Gasteiger partial charge in [0.1, 0.15) is 5.75 Å². The Balaban J connectivity index is 2.05. The SMILES string of the molecule is CC(C)Oc1ccc(C(CN)N(C)Cc2cccs2)cc1. The Labute approximate surface area is 131 Å². The lowest BCUT2D eigenvalue weighted by Gasteiger charge is -2.27. The molecule has 1 atom stereocenters. The second-order valence-corrected chi connectivity index (χ2v) is 6.51. The van der Waals surface area contributed by atoms with Crippen LogP contribution in [0, 0.1) is 0 Å². The number of hydrogen-bond donors (Lipinski definition) is 1. The number of nitrogens with two attached hydrogens (primary N) is 1. The van der Waals surface area contributed by atoms with Gasteiger partial charge in [0, 0.05) is 24.0 Å². The molecule has 0 saturated heterocycles. The maximum Gasteiger partial charge on any atom is 0.119 e. The van der Waals surface area contributed by atoms with Crippen LogP contribution in [0.1, 0.15) is 30.3 Å². The first-order valence-electron chi connectivity index (χ1n) is 7.29. The minimum Gasteiger partial charge on any atom is -0.491 e. The van der Waals surface area contributed by atoms with E-state index in [0.29, 0.717) is 6.54 Å². The van der Waals surface area contributed by atoms with Crippen LogP contribution in [0.5, 0.6) is 5.75 Å². The Bertz CT molecular complexity index is 522. The third kappa shape index (κ3) is 4.56. The molecule has 2 N–H and O–H groups in total. The maximum absolute atomic E-state index is 5.98. The Kier molecular flexibility index (Phi) is 5.79. The van der Waals surface area contributed by atoms with E-state index in [0.717, 1.165) is 12.3 Å². The first kappa shape index (κ1) is 16.0. The van der Waals surface area contributed by atoms with Crippen molar-refractivity contribution < 1.29 is 4.74 Å². The van der Waals surface area contributed by atoms with Crippen LogP contribution in [0.15, 0.2) is 41.8 Å². The lowest BCUT2D eigenvalue weighted by molar-refractivity contribution is 0.238. The highest BCUT2D eigenvalue weighted by molar-refractivity contribution is 7.09. The van der Waals surface area contributed by atoms with E-state index in [1.54, 1.807) is 11.3 Å². The Hall–Kier alpha value is -1.36. The maximum atomic E-state index is 5.98. The fraction of sp³-hybridized carbons (Fsp3) is 0.412. The second kappa shape index (κ2) is 7.59. The summed E-state index contributed by atoms with van der Waals surface area (Å²) in [5.41, 5.74) is 7.21. The summed E-state index contributed by atoms with van der Waals surface area (Å²) in [6.45, 7) is 5.59. The molecule has 1 unspecified atom stereocenters. The number of likely N-dealkylation sites (N-methyl/N-ethyl adjacent to an activating group) is 1. The predicted molar refractivity (Wildman–Crippen MR) is 89.8 cm³/mol. The van der Waals surface area contributed by atoms with Gasteiger partial charge in [-0.2, -0.15) is 0 Å². The quantitative estimate of drug-likeness (QED) is 0.848. The summed E-state index contributed by atoms with van der Waals surface area (Å²) in [5.74, 6) is 0.908. The molecule has 0 amide bonds. The van der Waals surface area contributed by atoms with Crippen molar-refractivity contribution in [1.29, 1.82) is 0 Å². The van der Waals surface area contributed by atoms with Crippen LogP contribution in [-0.2, 0) is 6.54 Å². The van der Waals surface area contributed by atoms with Crippen LogP contribution < -0.4 is 10.5 Å². The van der Waals surface area contributed by atoms with Gasteiger partial charge in [0.2, 0.25) is 0 Å². The lowest BCUT2D eigenvalue weighted by atomic mass is 10.1. The molecule has 2 aromatic rings. The summed E-state index contributed by atoms with van der Waals surface area (Å²) in [6.07, 6.45) is 0.197. The zero-order valence-electron chi connectivity index (χ0n) is 13.0. The summed E-state index contributed by atoms with van der Waals surface area (Å²) in [4.78, 5) is 3.65. The van der Waals surface area contributed by atoms with Crippen LogP contribution in [0.2, 0.25) is 0 Å². The molecule has 0 spiro atoms. The number of rotatable bonds is 7. The van der Waals surface area contributed by atoms with E-state index >= 15 is 0 Å². The molecule has 1 aromatic heterocycles. The van der Waals surface area contributed by atoms with Gasteiger partial charge in [0.15, 0.2) is 0 Å². The molecule has 4 heteroatoms. The van der Waals surface area contributed by atoms with Gasteiger partial charge in [-0.1, -0.05) is 18.2 Å². The standard InChI is InChI=1S/C17H24N2OS/c1-13(2)20-15-8-6-14(7-9-15)17(11-18)19(3)12-16-5-4-10-21-16/h4-10,13,17H,11-12,18H2,1-3H3. The van der Waals surface area contributed by atoms with Crippen LogP contribution in [0.3, 0.4) is 0 Å².